The van der Waals surface area contributed by atoms with E-state index < -0.39 is 5.97 Å². The zero-order valence-corrected chi connectivity index (χ0v) is 23.1. The number of esters is 2. The Morgan fingerprint density at radius 3 is 2.31 bits per heavy atom. The summed E-state index contributed by atoms with van der Waals surface area (Å²) in [5.74, 6) is -0.944. The van der Waals surface area contributed by atoms with Gasteiger partial charge in [-0.15, -0.1) is 11.3 Å². The largest absolute Gasteiger partial charge is 0.508 e. The average molecular weight is 548 g/mol. The number of unbranched alkanes of at least 4 members (excludes halogenated alkanes) is 2. The van der Waals surface area contributed by atoms with Crippen molar-refractivity contribution in [1.82, 2.24) is 4.90 Å². The Hall–Kier alpha value is -3.91. The normalized spacial score (nSPS) is 11.0. The second-order valence-electron chi connectivity index (χ2n) is 9.45. The number of hydrogen-bond donors (Lipinski definition) is 1. The molecule has 0 fully saturated rings. The van der Waals surface area contributed by atoms with Crippen molar-refractivity contribution in [2.75, 3.05) is 19.8 Å². The molecule has 0 saturated heterocycles. The second-order valence-corrected chi connectivity index (χ2v) is 10.5. The van der Waals surface area contributed by atoms with E-state index in [1.807, 2.05) is 38.1 Å². The molecule has 0 aliphatic heterocycles. The lowest BCUT2D eigenvalue weighted by molar-refractivity contribution is -0.144. The molecule has 7 nitrogen and oxygen atoms in total. The van der Waals surface area contributed by atoms with E-state index in [-0.39, 0.29) is 30.7 Å². The monoisotopic (exact) mass is 547 g/mol. The molecule has 1 aromatic heterocycles. The fraction of sp³-hybridized carbons (Fsp3) is 0.323. The molecule has 1 amide bonds. The van der Waals surface area contributed by atoms with E-state index in [1.54, 1.807) is 36.4 Å². The molecule has 0 spiro atoms. The summed E-state index contributed by atoms with van der Waals surface area (Å²) in [6, 6.07) is 17.7. The van der Waals surface area contributed by atoms with Gasteiger partial charge in [-0.1, -0.05) is 44.9 Å². The first-order valence-corrected chi connectivity index (χ1v) is 14.1. The summed E-state index contributed by atoms with van der Waals surface area (Å²) >= 11 is 1.37. The Labute approximate surface area is 232 Å². The summed E-state index contributed by atoms with van der Waals surface area (Å²) < 4.78 is 11.6. The van der Waals surface area contributed by atoms with Gasteiger partial charge in [0.25, 0.3) is 5.91 Å². The summed E-state index contributed by atoms with van der Waals surface area (Å²) in [5, 5.41) is 12.2. The van der Waals surface area contributed by atoms with Gasteiger partial charge in [-0.3, -0.25) is 9.59 Å². The molecule has 4 aromatic rings. The van der Waals surface area contributed by atoms with Gasteiger partial charge < -0.3 is 19.5 Å². The van der Waals surface area contributed by atoms with Gasteiger partial charge in [0.2, 0.25) is 0 Å². The third-order valence-corrected chi connectivity index (χ3v) is 7.42. The number of carbonyl (C=O) groups is 3. The van der Waals surface area contributed by atoms with Crippen molar-refractivity contribution in [1.29, 1.82) is 0 Å². The quantitative estimate of drug-likeness (QED) is 0.157. The van der Waals surface area contributed by atoms with Crippen LogP contribution in [0.1, 0.15) is 65.1 Å². The minimum Gasteiger partial charge on any atom is -0.508 e. The highest BCUT2D eigenvalue weighted by molar-refractivity contribution is 7.20. The molecule has 0 aliphatic rings. The summed E-state index contributed by atoms with van der Waals surface area (Å²) in [7, 11) is 0. The van der Waals surface area contributed by atoms with Crippen LogP contribution in [0.5, 0.6) is 5.75 Å². The number of thiophene rings is 1. The molecule has 8 heteroatoms. The predicted octanol–water partition coefficient (Wildman–Crippen LogP) is 6.70. The Kier molecular flexibility index (Phi) is 9.54. The molecule has 204 valence electrons. The summed E-state index contributed by atoms with van der Waals surface area (Å²) in [4.78, 5) is 40.6. The SMILES string of the molecule is CCCCOC(=O)CN(Cc1ccc2sc(C(=O)OCCCC)cc2c1)C(=O)c1ccc2cc(O)ccc2c1. The van der Waals surface area contributed by atoms with Crippen molar-refractivity contribution < 1.29 is 29.0 Å². The van der Waals surface area contributed by atoms with Gasteiger partial charge in [0.05, 0.1) is 13.2 Å². The Bertz CT molecular complexity index is 1480. The van der Waals surface area contributed by atoms with Gasteiger partial charge in [0, 0.05) is 16.8 Å². The topological polar surface area (TPSA) is 93.1 Å². The van der Waals surface area contributed by atoms with Crippen LogP contribution in [0.4, 0.5) is 0 Å². The third-order valence-electron chi connectivity index (χ3n) is 6.33. The van der Waals surface area contributed by atoms with Gasteiger partial charge in [-0.2, -0.15) is 0 Å². The van der Waals surface area contributed by atoms with Crippen molar-refractivity contribution in [2.45, 2.75) is 46.1 Å². The minimum atomic E-state index is -0.462. The minimum absolute atomic E-state index is 0.152. The number of ether oxygens (including phenoxy) is 2. The van der Waals surface area contributed by atoms with Crippen molar-refractivity contribution in [3.63, 3.8) is 0 Å². The number of hydrogen-bond acceptors (Lipinski definition) is 7. The van der Waals surface area contributed by atoms with Gasteiger partial charge in [-0.25, -0.2) is 4.79 Å². The van der Waals surface area contributed by atoms with E-state index >= 15 is 0 Å². The molecule has 39 heavy (non-hydrogen) atoms. The third kappa shape index (κ3) is 7.35. The van der Waals surface area contributed by atoms with Crippen LogP contribution >= 0.6 is 11.3 Å². The Balaban J connectivity index is 1.57. The molecule has 0 radical (unpaired) electrons. The van der Waals surface area contributed by atoms with Crippen LogP contribution in [0.25, 0.3) is 20.9 Å². The number of benzene rings is 3. The molecule has 0 aliphatic carbocycles. The van der Waals surface area contributed by atoms with Crippen LogP contribution in [-0.4, -0.2) is 47.6 Å². The second kappa shape index (κ2) is 13.2. The average Bonchev–Trinajstić information content (AvgIpc) is 3.36. The van der Waals surface area contributed by atoms with Crippen LogP contribution in [0.2, 0.25) is 0 Å². The fourth-order valence-electron chi connectivity index (χ4n) is 4.17. The van der Waals surface area contributed by atoms with Crippen molar-refractivity contribution in [3.8, 4) is 5.75 Å². The predicted molar refractivity (Wildman–Crippen MR) is 153 cm³/mol. The fourth-order valence-corrected chi connectivity index (χ4v) is 5.11. The summed E-state index contributed by atoms with van der Waals surface area (Å²) in [6.07, 6.45) is 3.44. The van der Waals surface area contributed by atoms with E-state index in [0.29, 0.717) is 23.7 Å². The first kappa shape index (κ1) is 28.1. The smallest absolute Gasteiger partial charge is 0.348 e. The van der Waals surface area contributed by atoms with Gasteiger partial charge in [0.1, 0.15) is 17.2 Å². The first-order valence-electron chi connectivity index (χ1n) is 13.2. The lowest BCUT2D eigenvalue weighted by Crippen LogP contribution is -2.36. The highest BCUT2D eigenvalue weighted by Crippen LogP contribution is 2.28. The maximum Gasteiger partial charge on any atom is 0.348 e. The number of phenols is 1. The van der Waals surface area contributed by atoms with Crippen LogP contribution in [0.3, 0.4) is 0 Å². The van der Waals surface area contributed by atoms with E-state index in [1.165, 1.54) is 16.2 Å². The molecule has 0 saturated carbocycles. The number of aromatic hydroxyl groups is 1. The molecular weight excluding hydrogens is 514 g/mol. The van der Waals surface area contributed by atoms with E-state index in [2.05, 4.69) is 0 Å². The standard InChI is InChI=1S/C31H33NO6S/c1-3-5-13-37-29(34)20-32(30(35)24-9-8-23-17-26(33)11-10-22(23)16-24)19-21-7-12-27-25(15-21)18-28(39-27)31(36)38-14-6-4-2/h7-12,15-18,33H,3-6,13-14,19-20H2,1-2H3. The molecule has 1 heterocycles. The number of nitrogens with zero attached hydrogens (tertiary/aromatic N) is 1. The maximum absolute atomic E-state index is 13.6. The summed E-state index contributed by atoms with van der Waals surface area (Å²) in [6.45, 7) is 4.77. The van der Waals surface area contributed by atoms with Crippen molar-refractivity contribution in [3.05, 3.63) is 76.7 Å². The highest BCUT2D eigenvalue weighted by atomic mass is 32.1. The van der Waals surface area contributed by atoms with Crippen LogP contribution < -0.4 is 0 Å². The molecule has 0 bridgehead atoms. The van der Waals surface area contributed by atoms with Gasteiger partial charge in [-0.05, 0) is 77.0 Å². The number of fused-ring (bicyclic) bond motifs is 2. The number of carbonyl (C=O) groups excluding carboxylic acids is 3. The molecule has 0 atom stereocenters. The summed E-state index contributed by atoms with van der Waals surface area (Å²) in [5.41, 5.74) is 1.26. The van der Waals surface area contributed by atoms with Crippen LogP contribution in [0.15, 0.2) is 60.7 Å². The van der Waals surface area contributed by atoms with Crippen molar-refractivity contribution in [2.24, 2.45) is 0 Å². The van der Waals surface area contributed by atoms with Crippen LogP contribution in [-0.2, 0) is 20.8 Å². The number of amides is 1. The van der Waals surface area contributed by atoms with Crippen molar-refractivity contribution >= 4 is 50.0 Å². The Morgan fingerprint density at radius 2 is 1.54 bits per heavy atom. The van der Waals surface area contributed by atoms with E-state index in [4.69, 9.17) is 9.47 Å². The van der Waals surface area contributed by atoms with Gasteiger partial charge >= 0.3 is 11.9 Å². The molecule has 3 aromatic carbocycles. The lowest BCUT2D eigenvalue weighted by atomic mass is 10.1. The molecule has 4 rings (SSSR count). The van der Waals surface area contributed by atoms with Crippen LogP contribution in [0, 0.1) is 0 Å². The van der Waals surface area contributed by atoms with E-state index in [0.717, 1.165) is 52.1 Å². The maximum atomic E-state index is 13.6. The van der Waals surface area contributed by atoms with E-state index in [9.17, 15) is 19.5 Å². The zero-order valence-electron chi connectivity index (χ0n) is 22.3. The number of phenolic OH excluding ortho intramolecular Hbond substituents is 1. The highest BCUT2D eigenvalue weighted by Gasteiger charge is 2.21. The molecule has 0 unspecified atom stereocenters. The Morgan fingerprint density at radius 1 is 0.821 bits per heavy atom. The first-order chi connectivity index (χ1) is 18.9. The lowest BCUT2D eigenvalue weighted by Gasteiger charge is -2.22. The zero-order chi connectivity index (χ0) is 27.8. The van der Waals surface area contributed by atoms with Gasteiger partial charge in [0.15, 0.2) is 0 Å². The molecule has 1 N–H and O–H groups in total. The molecular formula is C31H33NO6S. The number of rotatable bonds is 12.